The van der Waals surface area contributed by atoms with Crippen LogP contribution in [0.25, 0.3) is 0 Å². The first-order chi connectivity index (χ1) is 9.70. The van der Waals surface area contributed by atoms with Crippen molar-refractivity contribution in [2.75, 3.05) is 10.5 Å². The van der Waals surface area contributed by atoms with E-state index in [2.05, 4.69) is 4.72 Å². The minimum Gasteiger partial charge on any atom is -0.398 e. The number of nitrogen functional groups attached to an aromatic ring is 1. The summed E-state index contributed by atoms with van der Waals surface area (Å²) < 4.78 is 27.6. The van der Waals surface area contributed by atoms with E-state index in [9.17, 15) is 8.42 Å². The highest BCUT2D eigenvalue weighted by Gasteiger charge is 2.18. The van der Waals surface area contributed by atoms with Gasteiger partial charge in [-0.1, -0.05) is 23.7 Å². The van der Waals surface area contributed by atoms with Crippen molar-refractivity contribution in [3.63, 3.8) is 0 Å². The van der Waals surface area contributed by atoms with Gasteiger partial charge < -0.3 is 5.73 Å². The predicted octanol–water partition coefficient (Wildman–Crippen LogP) is 3.65. The van der Waals surface area contributed by atoms with E-state index in [1.54, 1.807) is 32.0 Å². The number of nitrogens with one attached hydrogen (secondary N) is 1. The quantitative estimate of drug-likeness (QED) is 0.846. The average Bonchev–Trinajstić information content (AvgIpc) is 2.38. The fourth-order valence-electron chi connectivity index (χ4n) is 2.01. The maximum Gasteiger partial charge on any atom is 0.262 e. The molecule has 0 aliphatic rings. The smallest absolute Gasteiger partial charge is 0.262 e. The largest absolute Gasteiger partial charge is 0.398 e. The van der Waals surface area contributed by atoms with Gasteiger partial charge in [0.05, 0.1) is 21.3 Å². The lowest BCUT2D eigenvalue weighted by Gasteiger charge is -2.14. The molecule has 0 saturated carbocycles. The molecule has 0 amide bonds. The molecule has 0 bridgehead atoms. The summed E-state index contributed by atoms with van der Waals surface area (Å²) in [5, 5.41) is 0.319. The van der Waals surface area contributed by atoms with E-state index in [-0.39, 0.29) is 4.90 Å². The third-order valence-electron chi connectivity index (χ3n) is 3.22. The molecule has 2 aromatic carbocycles. The zero-order valence-electron chi connectivity index (χ0n) is 12.1. The summed E-state index contributed by atoms with van der Waals surface area (Å²) in [6.45, 7) is 5.38. The highest BCUT2D eigenvalue weighted by molar-refractivity contribution is 7.92. The molecular formula is C15H17ClN2O2S. The Morgan fingerprint density at radius 2 is 1.71 bits per heavy atom. The Balaban J connectivity index is 2.47. The van der Waals surface area contributed by atoms with Gasteiger partial charge in [-0.15, -0.1) is 0 Å². The molecule has 0 radical (unpaired) electrons. The molecule has 0 heterocycles. The SMILES string of the molecule is Cc1ccc(C)c(S(=O)(=O)Nc2cc(Cl)c(N)cc2C)c1. The lowest BCUT2D eigenvalue weighted by Crippen LogP contribution is -2.15. The first kappa shape index (κ1) is 15.7. The molecule has 2 rings (SSSR count). The highest BCUT2D eigenvalue weighted by Crippen LogP contribution is 2.29. The number of hydrogen-bond acceptors (Lipinski definition) is 3. The van der Waals surface area contributed by atoms with Gasteiger partial charge in [-0.2, -0.15) is 0 Å². The molecule has 3 N–H and O–H groups in total. The van der Waals surface area contributed by atoms with Crippen LogP contribution in [0, 0.1) is 20.8 Å². The van der Waals surface area contributed by atoms with Crippen LogP contribution < -0.4 is 10.5 Å². The van der Waals surface area contributed by atoms with Crippen LogP contribution in [-0.4, -0.2) is 8.42 Å². The van der Waals surface area contributed by atoms with Crippen LogP contribution in [0.1, 0.15) is 16.7 Å². The molecule has 0 aliphatic carbocycles. The first-order valence-electron chi connectivity index (χ1n) is 6.36. The Labute approximate surface area is 130 Å². The number of sulfonamides is 1. The van der Waals surface area contributed by atoms with Gasteiger partial charge in [0.25, 0.3) is 10.0 Å². The van der Waals surface area contributed by atoms with Crippen molar-refractivity contribution in [3.8, 4) is 0 Å². The van der Waals surface area contributed by atoms with E-state index in [4.69, 9.17) is 17.3 Å². The van der Waals surface area contributed by atoms with E-state index in [0.29, 0.717) is 27.5 Å². The van der Waals surface area contributed by atoms with Gasteiger partial charge in [-0.3, -0.25) is 4.72 Å². The van der Waals surface area contributed by atoms with Crippen molar-refractivity contribution < 1.29 is 8.42 Å². The van der Waals surface area contributed by atoms with Crippen LogP contribution in [0.3, 0.4) is 0 Å². The van der Waals surface area contributed by atoms with Crippen LogP contribution in [0.5, 0.6) is 0 Å². The second-order valence-corrected chi connectivity index (χ2v) is 7.12. The summed E-state index contributed by atoms with van der Waals surface area (Å²) in [5.74, 6) is 0. The van der Waals surface area contributed by atoms with Crippen LogP contribution in [0.15, 0.2) is 35.2 Å². The number of nitrogens with two attached hydrogens (primary N) is 1. The van der Waals surface area contributed by atoms with Gasteiger partial charge in [0, 0.05) is 0 Å². The molecule has 0 fully saturated rings. The topological polar surface area (TPSA) is 72.2 Å². The molecule has 0 aromatic heterocycles. The fourth-order valence-corrected chi connectivity index (χ4v) is 3.63. The predicted molar refractivity (Wildman–Crippen MR) is 87.3 cm³/mol. The van der Waals surface area contributed by atoms with Crippen molar-refractivity contribution in [1.29, 1.82) is 0 Å². The van der Waals surface area contributed by atoms with E-state index in [1.807, 2.05) is 13.0 Å². The summed E-state index contributed by atoms with van der Waals surface area (Å²) in [5.41, 5.74) is 8.83. The fraction of sp³-hybridized carbons (Fsp3) is 0.200. The summed E-state index contributed by atoms with van der Waals surface area (Å²) in [7, 11) is -3.67. The summed E-state index contributed by atoms with van der Waals surface area (Å²) in [6, 6.07) is 8.47. The zero-order chi connectivity index (χ0) is 15.8. The van der Waals surface area contributed by atoms with Crippen molar-refractivity contribution >= 4 is 33.0 Å². The minimum absolute atomic E-state index is 0.259. The molecule has 4 nitrogen and oxygen atoms in total. The Bertz CT molecular complexity index is 802. The highest BCUT2D eigenvalue weighted by atomic mass is 35.5. The third-order valence-corrected chi connectivity index (χ3v) is 5.06. The lowest BCUT2D eigenvalue weighted by molar-refractivity contribution is 0.600. The van der Waals surface area contributed by atoms with E-state index in [0.717, 1.165) is 5.56 Å². The number of rotatable bonds is 3. The second kappa shape index (κ2) is 5.58. The maximum absolute atomic E-state index is 12.5. The molecule has 112 valence electrons. The Morgan fingerprint density at radius 1 is 1.05 bits per heavy atom. The van der Waals surface area contributed by atoms with Crippen molar-refractivity contribution in [3.05, 3.63) is 52.0 Å². The van der Waals surface area contributed by atoms with Crippen molar-refractivity contribution in [2.45, 2.75) is 25.7 Å². The Hall–Kier alpha value is -1.72. The molecule has 21 heavy (non-hydrogen) atoms. The third kappa shape index (κ3) is 3.31. The van der Waals surface area contributed by atoms with Crippen molar-refractivity contribution in [2.24, 2.45) is 0 Å². The number of anilines is 2. The van der Waals surface area contributed by atoms with Gasteiger partial charge in [-0.05, 0) is 55.7 Å². The van der Waals surface area contributed by atoms with E-state index in [1.165, 1.54) is 6.07 Å². The van der Waals surface area contributed by atoms with E-state index < -0.39 is 10.0 Å². The van der Waals surface area contributed by atoms with Crippen LogP contribution in [0.4, 0.5) is 11.4 Å². The van der Waals surface area contributed by atoms with Gasteiger partial charge >= 0.3 is 0 Å². The van der Waals surface area contributed by atoms with E-state index >= 15 is 0 Å². The molecule has 0 spiro atoms. The maximum atomic E-state index is 12.5. The van der Waals surface area contributed by atoms with Gasteiger partial charge in [-0.25, -0.2) is 8.42 Å². The molecule has 2 aromatic rings. The molecular weight excluding hydrogens is 308 g/mol. The number of halogens is 1. The number of benzene rings is 2. The van der Waals surface area contributed by atoms with Gasteiger partial charge in [0.1, 0.15) is 0 Å². The number of hydrogen-bond donors (Lipinski definition) is 2. The summed E-state index contributed by atoms with van der Waals surface area (Å²) in [6.07, 6.45) is 0. The first-order valence-corrected chi connectivity index (χ1v) is 8.22. The van der Waals surface area contributed by atoms with Crippen LogP contribution in [0.2, 0.25) is 5.02 Å². The number of aryl methyl sites for hydroxylation is 3. The summed E-state index contributed by atoms with van der Waals surface area (Å²) >= 11 is 5.96. The molecule has 0 atom stereocenters. The van der Waals surface area contributed by atoms with Crippen LogP contribution in [-0.2, 0) is 10.0 Å². The Morgan fingerprint density at radius 3 is 2.38 bits per heavy atom. The molecule has 0 aliphatic heterocycles. The van der Waals surface area contributed by atoms with Crippen molar-refractivity contribution in [1.82, 2.24) is 0 Å². The lowest BCUT2D eigenvalue weighted by atomic mass is 10.2. The standard InChI is InChI=1S/C15H17ClN2O2S/c1-9-4-5-10(2)15(6-9)21(19,20)18-14-8-12(16)13(17)7-11(14)3/h4-8,18H,17H2,1-3H3. The average molecular weight is 325 g/mol. The molecule has 6 heteroatoms. The monoisotopic (exact) mass is 324 g/mol. The normalized spacial score (nSPS) is 11.4. The molecule has 0 unspecified atom stereocenters. The van der Waals surface area contributed by atoms with Gasteiger partial charge in [0.15, 0.2) is 0 Å². The zero-order valence-corrected chi connectivity index (χ0v) is 13.6. The Kier molecular flexibility index (Phi) is 4.16. The van der Waals surface area contributed by atoms with Crippen LogP contribution >= 0.6 is 11.6 Å². The summed E-state index contributed by atoms with van der Waals surface area (Å²) in [4.78, 5) is 0.259. The second-order valence-electron chi connectivity index (χ2n) is 5.06. The molecule has 0 saturated heterocycles. The van der Waals surface area contributed by atoms with Gasteiger partial charge in [0.2, 0.25) is 0 Å². The minimum atomic E-state index is -3.67.